The molecule has 0 aliphatic heterocycles. The molecular formula is C63H43NO. The van der Waals surface area contributed by atoms with Crippen molar-refractivity contribution in [2.75, 3.05) is 4.90 Å². The summed E-state index contributed by atoms with van der Waals surface area (Å²) in [5.41, 5.74) is 17.2. The zero-order valence-corrected chi connectivity index (χ0v) is 36.2. The number of fused-ring (bicyclic) bond motifs is 12. The van der Waals surface area contributed by atoms with E-state index in [1.165, 1.54) is 65.7 Å². The van der Waals surface area contributed by atoms with Crippen LogP contribution in [0.2, 0.25) is 0 Å². The first-order valence-electron chi connectivity index (χ1n) is 22.6. The Morgan fingerprint density at radius 2 is 0.815 bits per heavy atom. The molecule has 0 spiro atoms. The van der Waals surface area contributed by atoms with Crippen molar-refractivity contribution in [3.63, 3.8) is 0 Å². The molecule has 0 radical (unpaired) electrons. The van der Waals surface area contributed by atoms with Gasteiger partial charge in [-0.3, -0.25) is 0 Å². The van der Waals surface area contributed by atoms with Crippen LogP contribution >= 0.6 is 0 Å². The number of anilines is 3. The molecule has 0 atom stereocenters. The fourth-order valence-corrected chi connectivity index (χ4v) is 10.9. The summed E-state index contributed by atoms with van der Waals surface area (Å²) in [5.74, 6) is 0. The van der Waals surface area contributed by atoms with Crippen LogP contribution in [0.1, 0.15) is 25.0 Å². The Labute approximate surface area is 378 Å². The van der Waals surface area contributed by atoms with Crippen molar-refractivity contribution in [3.05, 3.63) is 236 Å². The lowest BCUT2D eigenvalue weighted by molar-refractivity contribution is 0.660. The number of para-hydroxylation sites is 1. The van der Waals surface area contributed by atoms with E-state index in [-0.39, 0.29) is 5.41 Å². The second kappa shape index (κ2) is 14.4. The highest BCUT2D eigenvalue weighted by atomic mass is 16.3. The predicted octanol–water partition coefficient (Wildman–Crippen LogP) is 17.8. The molecule has 11 aromatic carbocycles. The maximum absolute atomic E-state index is 6.75. The van der Waals surface area contributed by atoms with Gasteiger partial charge in [0.2, 0.25) is 0 Å². The van der Waals surface area contributed by atoms with Crippen LogP contribution in [0.4, 0.5) is 17.1 Å². The normalized spacial score (nSPS) is 12.9. The van der Waals surface area contributed by atoms with Gasteiger partial charge in [0.05, 0.1) is 0 Å². The summed E-state index contributed by atoms with van der Waals surface area (Å²) in [6.45, 7) is 4.72. The molecule has 1 heterocycles. The van der Waals surface area contributed by atoms with E-state index in [1.807, 2.05) is 6.07 Å². The molecule has 0 saturated carbocycles. The molecule has 1 aliphatic rings. The number of benzene rings is 11. The highest BCUT2D eigenvalue weighted by molar-refractivity contribution is 6.26. The second-order valence-corrected chi connectivity index (χ2v) is 18.0. The number of rotatable bonds is 6. The maximum atomic E-state index is 6.75. The summed E-state index contributed by atoms with van der Waals surface area (Å²) in [5, 5.41) is 9.83. The van der Waals surface area contributed by atoms with E-state index < -0.39 is 0 Å². The van der Waals surface area contributed by atoms with E-state index in [0.717, 1.165) is 61.3 Å². The first kappa shape index (κ1) is 37.4. The molecule has 306 valence electrons. The van der Waals surface area contributed by atoms with Crippen LogP contribution < -0.4 is 4.90 Å². The second-order valence-electron chi connectivity index (χ2n) is 18.0. The number of hydrogen-bond acceptors (Lipinski definition) is 2. The van der Waals surface area contributed by atoms with Crippen molar-refractivity contribution >= 4 is 71.3 Å². The van der Waals surface area contributed by atoms with Crippen LogP contribution in [0.5, 0.6) is 0 Å². The summed E-state index contributed by atoms with van der Waals surface area (Å²) in [6, 6.07) is 82.1. The SMILES string of the molecule is CC1(C)c2ccccc2-c2ccc(N(c3ccc(-c4ccc5c(oc6ccccc65)c4-c4ccc(-c5ccccc5)cc4)cc3)c3ccc4c5ccccc5c5ccccc5c4c3)cc21. The maximum Gasteiger partial charge on any atom is 0.143 e. The minimum absolute atomic E-state index is 0.138. The van der Waals surface area contributed by atoms with Gasteiger partial charge < -0.3 is 9.32 Å². The van der Waals surface area contributed by atoms with E-state index >= 15 is 0 Å². The van der Waals surface area contributed by atoms with E-state index in [4.69, 9.17) is 4.42 Å². The average Bonchev–Trinajstić information content (AvgIpc) is 3.86. The Morgan fingerprint density at radius 3 is 1.55 bits per heavy atom. The van der Waals surface area contributed by atoms with Gasteiger partial charge in [-0.2, -0.15) is 0 Å². The lowest BCUT2D eigenvalue weighted by Crippen LogP contribution is -2.16. The van der Waals surface area contributed by atoms with Gasteiger partial charge in [-0.25, -0.2) is 0 Å². The first-order valence-corrected chi connectivity index (χ1v) is 22.6. The largest absolute Gasteiger partial charge is 0.455 e. The molecule has 0 unspecified atom stereocenters. The number of nitrogens with zero attached hydrogens (tertiary/aromatic N) is 1. The fraction of sp³-hybridized carbons (Fsp3) is 0.0476. The molecule has 65 heavy (non-hydrogen) atoms. The van der Waals surface area contributed by atoms with Crippen molar-refractivity contribution in [1.29, 1.82) is 0 Å². The smallest absolute Gasteiger partial charge is 0.143 e. The molecule has 0 amide bonds. The topological polar surface area (TPSA) is 16.4 Å². The molecule has 2 heteroatoms. The highest BCUT2D eigenvalue weighted by Gasteiger charge is 2.36. The van der Waals surface area contributed by atoms with Gasteiger partial charge in [-0.1, -0.05) is 190 Å². The fourth-order valence-electron chi connectivity index (χ4n) is 10.9. The lowest BCUT2D eigenvalue weighted by Gasteiger charge is -2.29. The van der Waals surface area contributed by atoms with Crippen LogP contribution in [-0.2, 0) is 5.41 Å². The van der Waals surface area contributed by atoms with Gasteiger partial charge in [0.25, 0.3) is 0 Å². The zero-order valence-electron chi connectivity index (χ0n) is 36.2. The van der Waals surface area contributed by atoms with Crippen LogP contribution in [0, 0.1) is 0 Å². The van der Waals surface area contributed by atoms with Gasteiger partial charge in [-0.15, -0.1) is 0 Å². The Bertz CT molecular complexity index is 3800. The quantitative estimate of drug-likeness (QED) is 0.155. The molecular weight excluding hydrogens is 787 g/mol. The van der Waals surface area contributed by atoms with Crippen molar-refractivity contribution in [2.24, 2.45) is 0 Å². The number of furan rings is 1. The Balaban J connectivity index is 0.991. The van der Waals surface area contributed by atoms with Crippen LogP contribution in [0.3, 0.4) is 0 Å². The lowest BCUT2D eigenvalue weighted by atomic mass is 9.82. The third kappa shape index (κ3) is 5.81. The van der Waals surface area contributed by atoms with Crippen LogP contribution in [0.15, 0.2) is 229 Å². The molecule has 0 N–H and O–H groups in total. The molecule has 12 aromatic rings. The van der Waals surface area contributed by atoms with Crippen molar-refractivity contribution in [3.8, 4) is 44.5 Å². The third-order valence-electron chi connectivity index (χ3n) is 14.1. The molecule has 0 bridgehead atoms. The van der Waals surface area contributed by atoms with Gasteiger partial charge in [0, 0.05) is 38.8 Å². The Kier molecular flexibility index (Phi) is 8.29. The molecule has 1 aromatic heterocycles. The monoisotopic (exact) mass is 829 g/mol. The zero-order chi connectivity index (χ0) is 43.2. The molecule has 0 saturated heterocycles. The third-order valence-corrected chi connectivity index (χ3v) is 14.1. The van der Waals surface area contributed by atoms with Gasteiger partial charge in [0.1, 0.15) is 11.2 Å². The van der Waals surface area contributed by atoms with Crippen molar-refractivity contribution < 1.29 is 4.42 Å². The molecule has 13 rings (SSSR count). The summed E-state index contributed by atoms with van der Waals surface area (Å²) < 4.78 is 6.75. The summed E-state index contributed by atoms with van der Waals surface area (Å²) in [6.07, 6.45) is 0. The van der Waals surface area contributed by atoms with Gasteiger partial charge in [0.15, 0.2) is 0 Å². The molecule has 1 aliphatic carbocycles. The first-order chi connectivity index (χ1) is 32.0. The van der Waals surface area contributed by atoms with Crippen LogP contribution in [-0.4, -0.2) is 0 Å². The van der Waals surface area contributed by atoms with E-state index in [2.05, 4.69) is 237 Å². The average molecular weight is 830 g/mol. The van der Waals surface area contributed by atoms with E-state index in [0.29, 0.717) is 0 Å². The molecule has 0 fully saturated rings. The van der Waals surface area contributed by atoms with Gasteiger partial charge in [-0.05, 0) is 131 Å². The van der Waals surface area contributed by atoms with E-state index in [9.17, 15) is 0 Å². The predicted molar refractivity (Wildman–Crippen MR) is 275 cm³/mol. The van der Waals surface area contributed by atoms with Gasteiger partial charge >= 0.3 is 0 Å². The summed E-state index contributed by atoms with van der Waals surface area (Å²) in [4.78, 5) is 2.44. The van der Waals surface area contributed by atoms with E-state index in [1.54, 1.807) is 0 Å². The Hall–Kier alpha value is -8.20. The Morgan fingerprint density at radius 1 is 0.323 bits per heavy atom. The summed E-state index contributed by atoms with van der Waals surface area (Å²) in [7, 11) is 0. The minimum Gasteiger partial charge on any atom is -0.455 e. The summed E-state index contributed by atoms with van der Waals surface area (Å²) >= 11 is 0. The van der Waals surface area contributed by atoms with Crippen molar-refractivity contribution in [2.45, 2.75) is 19.3 Å². The minimum atomic E-state index is -0.138. The number of hydrogen-bond donors (Lipinski definition) is 0. The van der Waals surface area contributed by atoms with Crippen LogP contribution in [0.25, 0.3) is 98.8 Å². The highest BCUT2D eigenvalue weighted by Crippen LogP contribution is 2.51. The molecule has 2 nitrogen and oxygen atoms in total. The van der Waals surface area contributed by atoms with Crippen molar-refractivity contribution in [1.82, 2.24) is 0 Å². The standard InChI is InChI=1S/C63H43NO/c1-63(2)58-22-12-10-20-53(58)54-35-33-46(39-59(54)63)64(45-32-34-52-50-18-7-6-16-48(50)49-17-8-9-19-51(49)57(52)38-45)44-30-28-42(29-31-44)47-36-37-56-55-21-11-13-23-60(55)65-62(56)61(47)43-26-24-41(25-27-43)40-14-4-3-5-15-40/h3-39H,1-2H3.